The van der Waals surface area contributed by atoms with Crippen LogP contribution >= 0.6 is 0 Å². The predicted molar refractivity (Wildman–Crippen MR) is 94.9 cm³/mol. The lowest BCUT2D eigenvalue weighted by Crippen LogP contribution is -2.40. The summed E-state index contributed by atoms with van der Waals surface area (Å²) in [5.41, 5.74) is 1.47. The maximum atomic E-state index is 12.2. The van der Waals surface area contributed by atoms with Gasteiger partial charge in [-0.3, -0.25) is 24.1 Å². The third kappa shape index (κ3) is 3.56. The van der Waals surface area contributed by atoms with Crippen LogP contribution in [-0.2, 0) is 11.3 Å². The molecule has 2 aromatic rings. The van der Waals surface area contributed by atoms with Gasteiger partial charge in [0.2, 0.25) is 5.91 Å². The SMILES string of the molecule is Cc1ccn(CCCNC(=O)CN2C(=O)c3ccccc3C2=O)c(=O)c1. The smallest absolute Gasteiger partial charge is 0.262 e. The summed E-state index contributed by atoms with van der Waals surface area (Å²) in [6, 6.07) is 9.92. The number of pyridine rings is 1. The molecular formula is C19H19N3O4. The Labute approximate surface area is 150 Å². The van der Waals surface area contributed by atoms with E-state index in [1.807, 2.05) is 13.0 Å². The maximum absolute atomic E-state index is 12.2. The van der Waals surface area contributed by atoms with Gasteiger partial charge in [0, 0.05) is 25.4 Å². The fraction of sp³-hybridized carbons (Fsp3) is 0.263. The lowest BCUT2D eigenvalue weighted by Gasteiger charge is -2.13. The number of fused-ring (bicyclic) bond motifs is 1. The summed E-state index contributed by atoms with van der Waals surface area (Å²) >= 11 is 0. The van der Waals surface area contributed by atoms with E-state index in [9.17, 15) is 19.2 Å². The highest BCUT2D eigenvalue weighted by atomic mass is 16.2. The summed E-state index contributed by atoms with van der Waals surface area (Å²) in [5, 5.41) is 2.68. The Kier molecular flexibility index (Phi) is 4.97. The molecule has 0 atom stereocenters. The molecule has 0 spiro atoms. The second-order valence-electron chi connectivity index (χ2n) is 6.18. The molecule has 0 saturated carbocycles. The van der Waals surface area contributed by atoms with Gasteiger partial charge < -0.3 is 9.88 Å². The second-order valence-corrected chi connectivity index (χ2v) is 6.18. The van der Waals surface area contributed by atoms with Crippen LogP contribution in [0, 0.1) is 6.92 Å². The zero-order valence-corrected chi connectivity index (χ0v) is 14.4. The predicted octanol–water partition coefficient (Wildman–Crippen LogP) is 0.959. The van der Waals surface area contributed by atoms with Gasteiger partial charge in [0.05, 0.1) is 11.1 Å². The van der Waals surface area contributed by atoms with Crippen LogP contribution in [0.15, 0.2) is 47.4 Å². The molecule has 0 radical (unpaired) electrons. The lowest BCUT2D eigenvalue weighted by molar-refractivity contribution is -0.121. The van der Waals surface area contributed by atoms with Crippen molar-refractivity contribution in [2.75, 3.05) is 13.1 Å². The summed E-state index contributed by atoms with van der Waals surface area (Å²) < 4.78 is 1.57. The van der Waals surface area contributed by atoms with Gasteiger partial charge in [0.25, 0.3) is 17.4 Å². The van der Waals surface area contributed by atoms with E-state index in [1.165, 1.54) is 0 Å². The molecule has 1 aliphatic heterocycles. The molecule has 1 N–H and O–H groups in total. The van der Waals surface area contributed by atoms with Gasteiger partial charge in [0.15, 0.2) is 0 Å². The van der Waals surface area contributed by atoms with Crippen LogP contribution in [0.4, 0.5) is 0 Å². The number of nitrogens with zero attached hydrogens (tertiary/aromatic N) is 2. The summed E-state index contributed by atoms with van der Waals surface area (Å²) in [6.07, 6.45) is 2.29. The van der Waals surface area contributed by atoms with Crippen LogP contribution in [0.2, 0.25) is 0 Å². The molecule has 7 heteroatoms. The van der Waals surface area contributed by atoms with Crippen LogP contribution in [0.3, 0.4) is 0 Å². The summed E-state index contributed by atoms with van der Waals surface area (Å²) in [6.45, 7) is 2.37. The summed E-state index contributed by atoms with van der Waals surface area (Å²) in [7, 11) is 0. The molecule has 2 heterocycles. The van der Waals surface area contributed by atoms with Crippen LogP contribution < -0.4 is 10.9 Å². The first-order valence-electron chi connectivity index (χ1n) is 8.36. The first-order chi connectivity index (χ1) is 12.5. The van der Waals surface area contributed by atoms with Crippen molar-refractivity contribution in [2.45, 2.75) is 19.9 Å². The number of carbonyl (C=O) groups excluding carboxylic acids is 3. The van der Waals surface area contributed by atoms with E-state index in [4.69, 9.17) is 0 Å². The van der Waals surface area contributed by atoms with Crippen molar-refractivity contribution in [1.82, 2.24) is 14.8 Å². The summed E-state index contributed by atoms with van der Waals surface area (Å²) in [4.78, 5) is 49.2. The molecule has 1 aromatic carbocycles. The zero-order chi connectivity index (χ0) is 18.7. The minimum absolute atomic E-state index is 0.0812. The fourth-order valence-corrected chi connectivity index (χ4v) is 2.85. The highest BCUT2D eigenvalue weighted by Gasteiger charge is 2.36. The highest BCUT2D eigenvalue weighted by Crippen LogP contribution is 2.21. The summed E-state index contributed by atoms with van der Waals surface area (Å²) in [5.74, 6) is -1.31. The molecule has 0 aliphatic carbocycles. The number of aromatic nitrogens is 1. The van der Waals surface area contributed by atoms with Crippen LogP contribution in [0.5, 0.6) is 0 Å². The van der Waals surface area contributed by atoms with Crippen LogP contribution in [-0.4, -0.2) is 40.3 Å². The highest BCUT2D eigenvalue weighted by molar-refractivity contribution is 6.22. The van der Waals surface area contributed by atoms with E-state index in [1.54, 1.807) is 41.1 Å². The van der Waals surface area contributed by atoms with Crippen molar-refractivity contribution in [3.63, 3.8) is 0 Å². The number of aryl methyl sites for hydroxylation is 2. The second kappa shape index (κ2) is 7.35. The average molecular weight is 353 g/mol. The molecule has 7 nitrogen and oxygen atoms in total. The third-order valence-corrected chi connectivity index (χ3v) is 4.23. The topological polar surface area (TPSA) is 88.5 Å². The Hall–Kier alpha value is -3.22. The molecule has 0 bridgehead atoms. The quantitative estimate of drug-likeness (QED) is 0.619. The van der Waals surface area contributed by atoms with Crippen molar-refractivity contribution in [1.29, 1.82) is 0 Å². The van der Waals surface area contributed by atoms with Crippen LogP contribution in [0.25, 0.3) is 0 Å². The molecule has 1 aromatic heterocycles. The van der Waals surface area contributed by atoms with Crippen molar-refractivity contribution in [3.8, 4) is 0 Å². The van der Waals surface area contributed by atoms with Gasteiger partial charge in [-0.15, -0.1) is 0 Å². The Morgan fingerprint density at radius 1 is 1.04 bits per heavy atom. The van der Waals surface area contributed by atoms with Crippen LogP contribution in [0.1, 0.15) is 32.7 Å². The maximum Gasteiger partial charge on any atom is 0.262 e. The average Bonchev–Trinajstić information content (AvgIpc) is 2.85. The van der Waals surface area contributed by atoms with Gasteiger partial charge in [0.1, 0.15) is 6.54 Å². The molecule has 3 rings (SSSR count). The number of hydrogen-bond acceptors (Lipinski definition) is 4. The normalized spacial score (nSPS) is 13.0. The molecule has 26 heavy (non-hydrogen) atoms. The van der Waals surface area contributed by atoms with E-state index in [0.29, 0.717) is 30.6 Å². The molecule has 0 fully saturated rings. The third-order valence-electron chi connectivity index (χ3n) is 4.23. The van der Waals surface area contributed by atoms with Crippen molar-refractivity contribution in [2.24, 2.45) is 0 Å². The van der Waals surface area contributed by atoms with Gasteiger partial charge in [-0.1, -0.05) is 12.1 Å². The van der Waals surface area contributed by atoms with Gasteiger partial charge in [-0.2, -0.15) is 0 Å². The van der Waals surface area contributed by atoms with E-state index in [2.05, 4.69) is 5.32 Å². The zero-order valence-electron chi connectivity index (χ0n) is 14.4. The molecule has 0 saturated heterocycles. The number of amides is 3. The van der Waals surface area contributed by atoms with Gasteiger partial charge in [-0.05, 0) is 37.1 Å². The molecule has 3 amide bonds. The Morgan fingerprint density at radius 2 is 1.69 bits per heavy atom. The minimum atomic E-state index is -0.452. The van der Waals surface area contributed by atoms with Gasteiger partial charge >= 0.3 is 0 Å². The molecular weight excluding hydrogens is 334 g/mol. The Morgan fingerprint density at radius 3 is 2.31 bits per heavy atom. The molecule has 1 aliphatic rings. The number of benzene rings is 1. The lowest BCUT2D eigenvalue weighted by atomic mass is 10.1. The Balaban J connectivity index is 1.49. The van der Waals surface area contributed by atoms with E-state index < -0.39 is 17.7 Å². The molecule has 0 unspecified atom stereocenters. The first kappa shape index (κ1) is 17.6. The van der Waals surface area contributed by atoms with E-state index in [-0.39, 0.29) is 12.1 Å². The standard InChI is InChI=1S/C19H19N3O4/c1-13-7-10-21(17(24)11-13)9-4-8-20-16(23)12-22-18(25)14-5-2-3-6-15(14)19(22)26/h2-3,5-7,10-11H,4,8-9,12H2,1H3,(H,20,23). The minimum Gasteiger partial charge on any atom is -0.354 e. The van der Waals surface area contributed by atoms with Crippen molar-refractivity contribution >= 4 is 17.7 Å². The number of rotatable bonds is 6. The first-order valence-corrected chi connectivity index (χ1v) is 8.36. The van der Waals surface area contributed by atoms with Crippen molar-refractivity contribution in [3.05, 3.63) is 69.6 Å². The van der Waals surface area contributed by atoms with Crippen molar-refractivity contribution < 1.29 is 14.4 Å². The number of hydrogen-bond donors (Lipinski definition) is 1. The van der Waals surface area contributed by atoms with E-state index in [0.717, 1.165) is 10.5 Å². The Bertz CT molecular complexity index is 897. The number of nitrogens with one attached hydrogen (secondary N) is 1. The van der Waals surface area contributed by atoms with Gasteiger partial charge in [-0.25, -0.2) is 0 Å². The number of imide groups is 1. The fourth-order valence-electron chi connectivity index (χ4n) is 2.85. The number of carbonyl (C=O) groups is 3. The molecule has 134 valence electrons. The monoisotopic (exact) mass is 353 g/mol. The largest absolute Gasteiger partial charge is 0.354 e. The van der Waals surface area contributed by atoms with E-state index >= 15 is 0 Å².